The van der Waals surface area contributed by atoms with E-state index in [1.54, 1.807) is 25.3 Å². The highest BCUT2D eigenvalue weighted by atomic mass is 32.1. The third-order valence-corrected chi connectivity index (χ3v) is 5.74. The summed E-state index contributed by atoms with van der Waals surface area (Å²) in [5.74, 6) is -0.391. The van der Waals surface area contributed by atoms with Gasteiger partial charge in [0, 0.05) is 34.6 Å². The highest BCUT2D eigenvalue weighted by molar-refractivity contribution is 7.21. The molecular weight excluding hydrogens is 388 g/mol. The third-order valence-electron chi connectivity index (χ3n) is 4.73. The van der Waals surface area contributed by atoms with Crippen molar-refractivity contribution in [3.8, 4) is 10.6 Å². The van der Waals surface area contributed by atoms with E-state index >= 15 is 0 Å². The number of rotatable bonds is 4. The van der Waals surface area contributed by atoms with Crippen LogP contribution in [-0.4, -0.2) is 20.8 Å². The summed E-state index contributed by atoms with van der Waals surface area (Å²) in [4.78, 5) is 33.3. The van der Waals surface area contributed by atoms with Crippen LogP contribution in [0.3, 0.4) is 0 Å². The van der Waals surface area contributed by atoms with Crippen LogP contribution >= 0.6 is 11.3 Å². The number of nitrogens with one attached hydrogen (secondary N) is 1. The number of fused-ring (bicyclic) bond motifs is 1. The van der Waals surface area contributed by atoms with Crippen molar-refractivity contribution in [2.24, 2.45) is 0 Å². The van der Waals surface area contributed by atoms with E-state index in [1.807, 2.05) is 31.2 Å². The molecule has 0 saturated heterocycles. The van der Waals surface area contributed by atoms with Crippen molar-refractivity contribution in [1.29, 1.82) is 0 Å². The predicted octanol–water partition coefficient (Wildman–Crippen LogP) is 5.14. The van der Waals surface area contributed by atoms with Crippen molar-refractivity contribution in [2.75, 3.05) is 5.32 Å². The van der Waals surface area contributed by atoms with Crippen molar-refractivity contribution in [3.05, 3.63) is 81.5 Å². The minimum absolute atomic E-state index is 0.0786. The maximum absolute atomic E-state index is 12.8. The zero-order chi connectivity index (χ0) is 20.5. The SMILES string of the molecule is Cc1c(NC(=O)c2cccc([N+](=O)[O-])c2C)cccc1-c1nc2cccnc2s1. The molecule has 0 bridgehead atoms. The average molecular weight is 404 g/mol. The molecule has 2 aromatic carbocycles. The van der Waals surface area contributed by atoms with E-state index in [0.717, 1.165) is 26.5 Å². The van der Waals surface area contributed by atoms with E-state index in [2.05, 4.69) is 15.3 Å². The second-order valence-corrected chi connectivity index (χ2v) is 7.46. The molecule has 0 aliphatic carbocycles. The quantitative estimate of drug-likeness (QED) is 0.375. The number of anilines is 1. The van der Waals surface area contributed by atoms with Gasteiger partial charge in [-0.2, -0.15) is 0 Å². The van der Waals surface area contributed by atoms with Gasteiger partial charge in [0.2, 0.25) is 0 Å². The van der Waals surface area contributed by atoms with Gasteiger partial charge in [-0.3, -0.25) is 14.9 Å². The highest BCUT2D eigenvalue weighted by Crippen LogP contribution is 2.34. The minimum Gasteiger partial charge on any atom is -0.322 e. The lowest BCUT2D eigenvalue weighted by Crippen LogP contribution is -2.15. The van der Waals surface area contributed by atoms with Crippen LogP contribution in [-0.2, 0) is 0 Å². The molecule has 7 nitrogen and oxygen atoms in total. The van der Waals surface area contributed by atoms with E-state index in [-0.39, 0.29) is 11.3 Å². The van der Waals surface area contributed by atoms with Gasteiger partial charge in [-0.1, -0.05) is 29.5 Å². The number of hydrogen-bond donors (Lipinski definition) is 1. The maximum atomic E-state index is 12.8. The molecule has 29 heavy (non-hydrogen) atoms. The Labute approximate surface area is 170 Å². The predicted molar refractivity (Wildman–Crippen MR) is 113 cm³/mol. The van der Waals surface area contributed by atoms with Crippen molar-refractivity contribution in [2.45, 2.75) is 13.8 Å². The Balaban J connectivity index is 1.69. The van der Waals surface area contributed by atoms with Gasteiger partial charge in [0.05, 0.1) is 4.92 Å². The van der Waals surface area contributed by atoms with Gasteiger partial charge in [-0.25, -0.2) is 9.97 Å². The molecular formula is C21H16N4O3S. The van der Waals surface area contributed by atoms with Crippen molar-refractivity contribution < 1.29 is 9.72 Å². The molecule has 0 unspecified atom stereocenters. The van der Waals surface area contributed by atoms with E-state index in [1.165, 1.54) is 23.5 Å². The van der Waals surface area contributed by atoms with Crippen LogP contribution in [0.15, 0.2) is 54.7 Å². The van der Waals surface area contributed by atoms with Gasteiger partial charge in [0.25, 0.3) is 11.6 Å². The van der Waals surface area contributed by atoms with Crippen LogP contribution in [0, 0.1) is 24.0 Å². The number of hydrogen-bond acceptors (Lipinski definition) is 6. The monoisotopic (exact) mass is 404 g/mol. The van der Waals surface area contributed by atoms with Crippen molar-refractivity contribution >= 4 is 39.0 Å². The van der Waals surface area contributed by atoms with Crippen LogP contribution in [0.4, 0.5) is 11.4 Å². The van der Waals surface area contributed by atoms with Gasteiger partial charge in [0.15, 0.2) is 0 Å². The van der Waals surface area contributed by atoms with Gasteiger partial charge in [0.1, 0.15) is 15.4 Å². The average Bonchev–Trinajstić information content (AvgIpc) is 3.13. The van der Waals surface area contributed by atoms with Crippen LogP contribution < -0.4 is 5.32 Å². The molecule has 2 heterocycles. The van der Waals surface area contributed by atoms with Gasteiger partial charge < -0.3 is 5.32 Å². The lowest BCUT2D eigenvalue weighted by atomic mass is 10.0. The Morgan fingerprint density at radius 3 is 2.62 bits per heavy atom. The first kappa shape index (κ1) is 18.7. The molecule has 0 spiro atoms. The number of nitro benzene ring substituents is 1. The second-order valence-electron chi connectivity index (χ2n) is 6.49. The van der Waals surface area contributed by atoms with E-state index in [0.29, 0.717) is 11.3 Å². The van der Waals surface area contributed by atoms with Gasteiger partial charge in [-0.05, 0) is 43.7 Å². The molecule has 0 radical (unpaired) electrons. The lowest BCUT2D eigenvalue weighted by molar-refractivity contribution is -0.385. The smallest absolute Gasteiger partial charge is 0.273 e. The zero-order valence-corrected chi connectivity index (χ0v) is 16.5. The first-order valence-electron chi connectivity index (χ1n) is 8.82. The number of benzene rings is 2. The number of nitro groups is 1. The van der Waals surface area contributed by atoms with Crippen LogP contribution in [0.2, 0.25) is 0 Å². The summed E-state index contributed by atoms with van der Waals surface area (Å²) < 4.78 is 0. The molecule has 144 valence electrons. The minimum atomic E-state index is -0.487. The van der Waals surface area contributed by atoms with Gasteiger partial charge in [-0.15, -0.1) is 0 Å². The fourth-order valence-corrected chi connectivity index (χ4v) is 4.13. The van der Waals surface area contributed by atoms with Crippen LogP contribution in [0.1, 0.15) is 21.5 Å². The molecule has 2 aromatic heterocycles. The third kappa shape index (κ3) is 3.45. The second kappa shape index (κ2) is 7.40. The summed E-state index contributed by atoms with van der Waals surface area (Å²) in [5, 5.41) is 14.8. The summed E-state index contributed by atoms with van der Waals surface area (Å²) in [6.45, 7) is 3.48. The number of nitrogens with zero attached hydrogens (tertiary/aromatic N) is 3. The first-order valence-corrected chi connectivity index (χ1v) is 9.64. The van der Waals surface area contributed by atoms with E-state index < -0.39 is 10.8 Å². The normalized spacial score (nSPS) is 10.8. The topological polar surface area (TPSA) is 98.0 Å². The van der Waals surface area contributed by atoms with E-state index in [9.17, 15) is 14.9 Å². The number of carbonyl (C=O) groups excluding carboxylic acids is 1. The van der Waals surface area contributed by atoms with Gasteiger partial charge >= 0.3 is 0 Å². The van der Waals surface area contributed by atoms with Crippen LogP contribution in [0.25, 0.3) is 20.9 Å². The molecule has 1 N–H and O–H groups in total. The van der Waals surface area contributed by atoms with Crippen molar-refractivity contribution in [3.63, 3.8) is 0 Å². The molecule has 4 rings (SSSR count). The summed E-state index contributed by atoms with van der Waals surface area (Å²) in [6.07, 6.45) is 1.73. The Morgan fingerprint density at radius 2 is 1.86 bits per heavy atom. The largest absolute Gasteiger partial charge is 0.322 e. The Hall–Kier alpha value is -3.65. The summed E-state index contributed by atoms with van der Waals surface area (Å²) in [5.41, 5.74) is 3.75. The number of carbonyl (C=O) groups is 1. The maximum Gasteiger partial charge on any atom is 0.273 e. The molecule has 0 atom stereocenters. The highest BCUT2D eigenvalue weighted by Gasteiger charge is 2.19. The number of aromatic nitrogens is 2. The standard InChI is InChI=1S/C21H16N4O3S/c1-12-15(20-24-17-9-5-11-22-21(17)29-20)7-3-8-16(12)23-19(26)14-6-4-10-18(13(14)2)25(27)28/h3-11H,1-2H3,(H,23,26). The fraction of sp³-hybridized carbons (Fsp3) is 0.0952. The number of thiazole rings is 1. The first-order chi connectivity index (χ1) is 14.0. The molecule has 0 saturated carbocycles. The van der Waals surface area contributed by atoms with E-state index in [4.69, 9.17) is 0 Å². The molecule has 0 fully saturated rings. The molecule has 8 heteroatoms. The number of amides is 1. The molecule has 0 aliphatic heterocycles. The van der Waals surface area contributed by atoms with Crippen LogP contribution in [0.5, 0.6) is 0 Å². The summed E-state index contributed by atoms with van der Waals surface area (Å²) in [7, 11) is 0. The Bertz CT molecular complexity index is 1230. The fourth-order valence-electron chi connectivity index (χ4n) is 3.14. The Morgan fingerprint density at radius 1 is 1.07 bits per heavy atom. The lowest BCUT2D eigenvalue weighted by Gasteiger charge is -2.12. The molecule has 1 amide bonds. The molecule has 0 aliphatic rings. The number of pyridine rings is 1. The summed E-state index contributed by atoms with van der Waals surface area (Å²) >= 11 is 1.49. The van der Waals surface area contributed by atoms with Crippen molar-refractivity contribution in [1.82, 2.24) is 9.97 Å². The molecule has 4 aromatic rings. The Kier molecular flexibility index (Phi) is 4.77. The summed E-state index contributed by atoms with van der Waals surface area (Å²) in [6, 6.07) is 13.8. The zero-order valence-electron chi connectivity index (χ0n) is 15.7.